The summed E-state index contributed by atoms with van der Waals surface area (Å²) in [7, 11) is 0. The van der Waals surface area contributed by atoms with E-state index in [1.807, 2.05) is 0 Å². The summed E-state index contributed by atoms with van der Waals surface area (Å²) < 4.78 is 25.0. The van der Waals surface area contributed by atoms with Crippen molar-refractivity contribution in [3.63, 3.8) is 0 Å². The van der Waals surface area contributed by atoms with Crippen LogP contribution in [0.5, 0.6) is 0 Å². The predicted octanol–water partition coefficient (Wildman–Crippen LogP) is -0.938. The lowest BCUT2D eigenvalue weighted by Gasteiger charge is -2.42. The van der Waals surface area contributed by atoms with Gasteiger partial charge >= 0.3 is 23.9 Å². The van der Waals surface area contributed by atoms with E-state index in [1.165, 1.54) is 0 Å². The highest BCUT2D eigenvalue weighted by molar-refractivity contribution is 5.68. The topological polar surface area (TPSA) is 135 Å². The van der Waals surface area contributed by atoms with Crippen LogP contribution in [0.2, 0.25) is 0 Å². The normalized spacial score (nSPS) is 29.3. The summed E-state index contributed by atoms with van der Waals surface area (Å²) in [5.74, 6) is -2.87. The van der Waals surface area contributed by atoms with Crippen molar-refractivity contribution < 1.29 is 48.0 Å². The minimum absolute atomic E-state index is 0.366. The van der Waals surface area contributed by atoms with E-state index in [0.29, 0.717) is 0 Å². The summed E-state index contributed by atoms with van der Waals surface area (Å²) >= 11 is 0. The molecule has 1 fully saturated rings. The average Bonchev–Trinajstić information content (AvgIpc) is 2.42. The molecule has 10 heteroatoms. The van der Waals surface area contributed by atoms with E-state index in [1.54, 1.807) is 0 Å². The number of hydrogen-bond acceptors (Lipinski definition) is 10. The monoisotopic (exact) mass is 348 g/mol. The summed E-state index contributed by atoms with van der Waals surface area (Å²) in [5, 5.41) is 10.0. The molecule has 1 aliphatic rings. The third-order valence-corrected chi connectivity index (χ3v) is 2.97. The lowest BCUT2D eigenvalue weighted by molar-refractivity contribution is -0.296. The van der Waals surface area contributed by atoms with Crippen LogP contribution in [0.15, 0.2) is 0 Å². The zero-order chi connectivity index (χ0) is 18.4. The second kappa shape index (κ2) is 8.60. The van der Waals surface area contributed by atoms with Crippen molar-refractivity contribution in [3.05, 3.63) is 0 Å². The number of hydrogen-bond donors (Lipinski definition) is 1. The molecule has 0 aromatic rings. The molecule has 0 amide bonds. The molecular weight excluding hydrogens is 328 g/mol. The fourth-order valence-electron chi connectivity index (χ4n) is 2.21. The zero-order valence-corrected chi connectivity index (χ0v) is 13.7. The van der Waals surface area contributed by atoms with E-state index in [-0.39, 0.29) is 6.61 Å². The highest BCUT2D eigenvalue weighted by atomic mass is 16.7. The summed E-state index contributed by atoms with van der Waals surface area (Å²) in [6.07, 6.45) is -6.79. The summed E-state index contributed by atoms with van der Waals surface area (Å²) in [4.78, 5) is 44.9. The van der Waals surface area contributed by atoms with Crippen LogP contribution in [-0.4, -0.2) is 66.3 Å². The molecule has 1 rings (SSSR count). The van der Waals surface area contributed by atoms with E-state index < -0.39 is 54.6 Å². The molecule has 0 saturated carbocycles. The molecule has 1 saturated heterocycles. The van der Waals surface area contributed by atoms with Gasteiger partial charge in [-0.3, -0.25) is 19.2 Å². The first-order valence-electron chi connectivity index (χ1n) is 7.10. The van der Waals surface area contributed by atoms with Crippen LogP contribution < -0.4 is 0 Å². The maximum Gasteiger partial charge on any atom is 0.303 e. The third kappa shape index (κ3) is 5.78. The fourth-order valence-corrected chi connectivity index (χ4v) is 2.21. The summed E-state index contributed by atoms with van der Waals surface area (Å²) in [5.41, 5.74) is 0. The Hall–Kier alpha value is -2.20. The Kier molecular flexibility index (Phi) is 7.11. The molecule has 0 aromatic heterocycles. The molecule has 10 nitrogen and oxygen atoms in total. The van der Waals surface area contributed by atoms with E-state index in [0.717, 1.165) is 27.7 Å². The van der Waals surface area contributed by atoms with Crippen LogP contribution in [0.4, 0.5) is 0 Å². The van der Waals surface area contributed by atoms with E-state index in [4.69, 9.17) is 23.7 Å². The first-order valence-corrected chi connectivity index (χ1v) is 7.10. The minimum atomic E-state index is -1.68. The lowest BCUT2D eigenvalue weighted by Crippen LogP contribution is -2.62. The Balaban J connectivity index is 3.11. The van der Waals surface area contributed by atoms with Gasteiger partial charge in [-0.25, -0.2) is 0 Å². The van der Waals surface area contributed by atoms with Gasteiger partial charge in [-0.15, -0.1) is 0 Å². The number of aliphatic hydroxyl groups is 1. The van der Waals surface area contributed by atoms with Crippen LogP contribution in [0.3, 0.4) is 0 Å². The Morgan fingerprint density at radius 3 is 1.71 bits per heavy atom. The molecule has 5 atom stereocenters. The Labute approximate surface area is 137 Å². The third-order valence-electron chi connectivity index (χ3n) is 2.97. The van der Waals surface area contributed by atoms with Gasteiger partial charge in [0, 0.05) is 27.7 Å². The van der Waals surface area contributed by atoms with Crippen molar-refractivity contribution in [1.29, 1.82) is 0 Å². The average molecular weight is 348 g/mol. The van der Waals surface area contributed by atoms with Crippen LogP contribution in [0, 0.1) is 0 Å². The number of rotatable bonds is 5. The Morgan fingerprint density at radius 2 is 1.25 bits per heavy atom. The van der Waals surface area contributed by atoms with E-state index >= 15 is 0 Å². The van der Waals surface area contributed by atoms with Crippen molar-refractivity contribution >= 4 is 23.9 Å². The molecular formula is C14H20O10. The Morgan fingerprint density at radius 1 is 0.792 bits per heavy atom. The van der Waals surface area contributed by atoms with Crippen molar-refractivity contribution in [1.82, 2.24) is 0 Å². The smallest absolute Gasteiger partial charge is 0.303 e. The molecule has 2 unspecified atom stereocenters. The van der Waals surface area contributed by atoms with Gasteiger partial charge in [-0.2, -0.15) is 0 Å². The second-order valence-corrected chi connectivity index (χ2v) is 5.09. The number of aliphatic hydroxyl groups excluding tert-OH is 1. The highest BCUT2D eigenvalue weighted by Gasteiger charge is 2.51. The summed E-state index contributed by atoms with van der Waals surface area (Å²) in [6, 6.07) is 0. The van der Waals surface area contributed by atoms with Crippen molar-refractivity contribution in [3.8, 4) is 0 Å². The van der Waals surface area contributed by atoms with E-state index in [2.05, 4.69) is 0 Å². The van der Waals surface area contributed by atoms with Gasteiger partial charge in [0.2, 0.25) is 0 Å². The first kappa shape index (κ1) is 19.8. The molecule has 0 aromatic carbocycles. The predicted molar refractivity (Wildman–Crippen MR) is 74.2 cm³/mol. The number of carbonyl (C=O) groups excluding carboxylic acids is 4. The molecule has 1 aliphatic heterocycles. The molecule has 1 N–H and O–H groups in total. The van der Waals surface area contributed by atoms with Crippen molar-refractivity contribution in [2.45, 2.75) is 58.4 Å². The first-order chi connectivity index (χ1) is 11.1. The highest BCUT2D eigenvalue weighted by Crippen LogP contribution is 2.28. The van der Waals surface area contributed by atoms with Crippen LogP contribution in [0.1, 0.15) is 27.7 Å². The van der Waals surface area contributed by atoms with Gasteiger partial charge < -0.3 is 28.8 Å². The van der Waals surface area contributed by atoms with Gasteiger partial charge in [0.1, 0.15) is 12.7 Å². The molecule has 1 heterocycles. The molecule has 136 valence electrons. The van der Waals surface area contributed by atoms with Gasteiger partial charge in [0.05, 0.1) is 0 Å². The fraction of sp³-hybridized carbons (Fsp3) is 0.714. The van der Waals surface area contributed by atoms with Crippen molar-refractivity contribution in [2.24, 2.45) is 0 Å². The van der Waals surface area contributed by atoms with Crippen molar-refractivity contribution in [2.75, 3.05) is 6.61 Å². The maximum absolute atomic E-state index is 11.3. The molecule has 0 spiro atoms. The number of esters is 4. The standard InChI is InChI=1S/C14H20O10/c1-6(15)20-5-10-11(21-7(2)16)12(22-8(3)17)13(14(19)24-10)23-9(4)18/h10-14,19H,5H2,1-4H3/t10?,11-,12?,13-,14-/m1/s1. The maximum atomic E-state index is 11.3. The lowest BCUT2D eigenvalue weighted by atomic mass is 9.98. The SMILES string of the molecule is CC(=O)OCC1O[C@@H](O)[C@H](OC(C)=O)C(OC(C)=O)[C@@H]1OC(C)=O. The van der Waals surface area contributed by atoms with Gasteiger partial charge in [0.15, 0.2) is 24.6 Å². The second-order valence-electron chi connectivity index (χ2n) is 5.09. The van der Waals surface area contributed by atoms with Gasteiger partial charge in [-0.1, -0.05) is 0 Å². The molecule has 0 radical (unpaired) electrons. The summed E-state index contributed by atoms with van der Waals surface area (Å²) in [6.45, 7) is 4.09. The zero-order valence-electron chi connectivity index (χ0n) is 13.7. The number of ether oxygens (including phenoxy) is 5. The van der Waals surface area contributed by atoms with E-state index in [9.17, 15) is 24.3 Å². The van der Waals surface area contributed by atoms with Gasteiger partial charge in [0.25, 0.3) is 0 Å². The number of carbonyl (C=O) groups is 4. The van der Waals surface area contributed by atoms with Crippen LogP contribution in [0.25, 0.3) is 0 Å². The molecule has 24 heavy (non-hydrogen) atoms. The largest absolute Gasteiger partial charge is 0.463 e. The van der Waals surface area contributed by atoms with Crippen LogP contribution in [-0.2, 0) is 42.9 Å². The Bertz CT molecular complexity index is 502. The molecule has 0 bridgehead atoms. The van der Waals surface area contributed by atoms with Gasteiger partial charge in [-0.05, 0) is 0 Å². The minimum Gasteiger partial charge on any atom is -0.463 e. The quantitative estimate of drug-likeness (QED) is 0.490. The molecule has 0 aliphatic carbocycles. The van der Waals surface area contributed by atoms with Crippen LogP contribution >= 0.6 is 0 Å².